The van der Waals surface area contributed by atoms with Gasteiger partial charge in [0.15, 0.2) is 5.78 Å². The van der Waals surface area contributed by atoms with Crippen LogP contribution in [-0.2, 0) is 4.57 Å². The fraction of sp³-hybridized carbons (Fsp3) is 0.0556. The molecule has 24 heavy (non-hydrogen) atoms. The number of ketones is 1. The number of rotatable bonds is 4. The van der Waals surface area contributed by atoms with Crippen molar-refractivity contribution in [3.05, 3.63) is 72.3 Å². The monoisotopic (exact) mass is 318 g/mol. The molecule has 6 heteroatoms. The van der Waals surface area contributed by atoms with E-state index in [-0.39, 0.29) is 5.78 Å². The fourth-order valence-corrected chi connectivity index (χ4v) is 2.42. The lowest BCUT2D eigenvalue weighted by Gasteiger charge is -2.07. The van der Waals surface area contributed by atoms with E-state index in [0.717, 1.165) is 21.7 Å². The summed E-state index contributed by atoms with van der Waals surface area (Å²) in [6.07, 6.45) is 0. The molecule has 0 unspecified atom stereocenters. The highest BCUT2D eigenvalue weighted by molar-refractivity contribution is 6.32. The van der Waals surface area contributed by atoms with Crippen LogP contribution in [0.2, 0.25) is 0 Å². The van der Waals surface area contributed by atoms with E-state index >= 15 is 0 Å². The van der Waals surface area contributed by atoms with Crippen molar-refractivity contribution in [2.75, 3.05) is 0 Å². The van der Waals surface area contributed by atoms with Gasteiger partial charge in [0.05, 0.1) is 0 Å². The molecule has 4 nitrogen and oxygen atoms in total. The second-order valence-corrected chi connectivity index (χ2v) is 5.18. The topological polar surface area (TPSA) is 66.8 Å². The molecule has 0 aromatic heterocycles. The molecule has 0 saturated carbocycles. The number of carbonyl (C=O) groups is 1. The first-order valence-corrected chi connectivity index (χ1v) is 7.27. The van der Waals surface area contributed by atoms with Crippen molar-refractivity contribution in [1.82, 2.24) is 0 Å². The second kappa shape index (κ2) is 8.45. The number of fused-ring (bicyclic) bond motifs is 2. The molecular weight excluding hydrogens is 302 g/mol. The van der Waals surface area contributed by atoms with Gasteiger partial charge >= 0.3 is 15.4 Å². The van der Waals surface area contributed by atoms with Gasteiger partial charge in [-0.3, -0.25) is 4.79 Å². The Morgan fingerprint density at radius 2 is 1.54 bits per heavy atom. The molecule has 0 atom stereocenters. The molecule has 2 radical (unpaired) electrons. The summed E-state index contributed by atoms with van der Waals surface area (Å²) in [7, 11) is 0.750. The molecule has 0 fully saturated rings. The summed E-state index contributed by atoms with van der Waals surface area (Å²) in [4.78, 5) is 12.2. The van der Waals surface area contributed by atoms with Gasteiger partial charge in [0, 0.05) is 5.56 Å². The molecule has 3 rings (SSSR count). The Balaban J connectivity index is 0.000000368. The summed E-state index contributed by atoms with van der Waals surface area (Å²) in [5, 5.41) is 19.5. The zero-order valence-electron chi connectivity index (χ0n) is 13.3. The molecule has 0 aliphatic heterocycles. The lowest BCUT2D eigenvalue weighted by atomic mass is 9.96. The minimum absolute atomic E-state index is 0.0147. The van der Waals surface area contributed by atoms with Crippen molar-refractivity contribution >= 4 is 42.7 Å². The van der Waals surface area contributed by atoms with E-state index < -0.39 is 0 Å². The average molecular weight is 318 g/mol. The molecule has 3 aromatic carbocycles. The second-order valence-electron chi connectivity index (χ2n) is 5.18. The summed E-state index contributed by atoms with van der Waals surface area (Å²) in [6, 6.07) is 18.2. The van der Waals surface area contributed by atoms with Crippen LogP contribution in [0.3, 0.4) is 0 Å². The lowest BCUT2D eigenvalue weighted by molar-refractivity contribution is 0.103. The minimum Gasteiger partial charge on any atom is -0.456 e. The molecule has 0 amide bonds. The Morgan fingerprint density at radius 1 is 0.958 bits per heavy atom. The van der Waals surface area contributed by atoms with Gasteiger partial charge in [-0.2, -0.15) is 0 Å². The molecule has 0 bridgehead atoms. The number of hydrogen-bond acceptors (Lipinski definition) is 4. The predicted octanol–water partition coefficient (Wildman–Crippen LogP) is 2.81. The van der Waals surface area contributed by atoms with Crippen LogP contribution < -0.4 is 0 Å². The summed E-state index contributed by atoms with van der Waals surface area (Å²) < 4.78 is 3.69. The lowest BCUT2D eigenvalue weighted by Crippen LogP contribution is -2.00. The quantitative estimate of drug-likeness (QED) is 0.336. The fourth-order valence-electron chi connectivity index (χ4n) is 2.42. The van der Waals surface area contributed by atoms with Crippen LogP contribution in [0.1, 0.15) is 17.3 Å². The Morgan fingerprint density at radius 3 is 2.08 bits per heavy atom. The third-order valence-corrected chi connectivity index (χ3v) is 3.50. The zero-order chi connectivity index (χ0) is 17.5. The van der Waals surface area contributed by atoms with E-state index in [1.807, 2.05) is 30.3 Å². The van der Waals surface area contributed by atoms with Gasteiger partial charge < -0.3 is 14.6 Å². The van der Waals surface area contributed by atoms with Crippen molar-refractivity contribution < 1.29 is 19.4 Å². The van der Waals surface area contributed by atoms with E-state index in [2.05, 4.69) is 35.4 Å². The maximum Gasteiger partial charge on any atom is 0.469 e. The summed E-state index contributed by atoms with van der Waals surface area (Å²) in [5.41, 5.74) is 1.30. The predicted molar refractivity (Wildman–Crippen MR) is 97.6 cm³/mol. The van der Waals surface area contributed by atoms with Crippen LogP contribution in [0.4, 0.5) is 0 Å². The Hall–Kier alpha value is -2.40. The maximum absolute atomic E-state index is 12.2. The van der Waals surface area contributed by atoms with Gasteiger partial charge in [-0.05, 0) is 46.2 Å². The molecule has 0 aliphatic carbocycles. The zero-order valence-corrected chi connectivity index (χ0v) is 13.3. The van der Waals surface area contributed by atoms with Gasteiger partial charge in [-0.1, -0.05) is 49.0 Å². The highest BCUT2D eigenvalue weighted by Crippen LogP contribution is 2.26. The van der Waals surface area contributed by atoms with Gasteiger partial charge in [0.25, 0.3) is 0 Å². The highest BCUT2D eigenvalue weighted by atomic mass is 16.5. The third-order valence-electron chi connectivity index (χ3n) is 3.50. The largest absolute Gasteiger partial charge is 0.469 e. The minimum atomic E-state index is 0.0147. The summed E-state index contributed by atoms with van der Waals surface area (Å²) in [6.45, 7) is 5.50. The first kappa shape index (κ1) is 17.9. The first-order chi connectivity index (χ1) is 11.6. The summed E-state index contributed by atoms with van der Waals surface area (Å²) >= 11 is 0. The van der Waals surface area contributed by atoms with Crippen LogP contribution in [0.5, 0.6) is 0 Å². The SMILES string of the molecule is C=C(C)C(=O)c1cccc2cc3ccccc3cc12.O[B]O[B]O. The smallest absolute Gasteiger partial charge is 0.456 e. The standard InChI is InChI=1S/C18H14O.B2H2O3/c1-12(2)18(19)16-9-5-8-15-10-13-6-3-4-7-14(13)11-17(15)16;3-1-5-2-4/h3-11H,1H2,2H3;3-4H. The van der Waals surface area contributed by atoms with Gasteiger partial charge in [-0.15, -0.1) is 0 Å². The summed E-state index contributed by atoms with van der Waals surface area (Å²) in [5.74, 6) is 0.0147. The molecule has 3 aromatic rings. The number of Topliss-reactive ketones (excluding diaryl/α,β-unsaturated/α-hetero) is 1. The van der Waals surface area contributed by atoms with Crippen molar-refractivity contribution in [2.24, 2.45) is 0 Å². The molecule has 0 spiro atoms. The third kappa shape index (κ3) is 4.11. The van der Waals surface area contributed by atoms with Gasteiger partial charge in [0.1, 0.15) is 0 Å². The van der Waals surface area contributed by atoms with Crippen molar-refractivity contribution in [1.29, 1.82) is 0 Å². The number of allylic oxidation sites excluding steroid dienone is 1. The van der Waals surface area contributed by atoms with Crippen molar-refractivity contribution in [2.45, 2.75) is 6.92 Å². The molecule has 0 aliphatic rings. The molecule has 0 saturated heterocycles. The Kier molecular flexibility index (Phi) is 6.32. The Bertz CT molecular complexity index is 875. The molecular formula is C18H16B2O4. The van der Waals surface area contributed by atoms with Crippen LogP contribution >= 0.6 is 0 Å². The number of hydrogen-bond donors (Lipinski definition) is 2. The van der Waals surface area contributed by atoms with Gasteiger partial charge in [-0.25, -0.2) is 0 Å². The average Bonchev–Trinajstić information content (AvgIpc) is 2.60. The van der Waals surface area contributed by atoms with Crippen LogP contribution in [0.15, 0.2) is 66.7 Å². The van der Waals surface area contributed by atoms with E-state index in [1.54, 1.807) is 6.92 Å². The van der Waals surface area contributed by atoms with Crippen LogP contribution in [-0.4, -0.2) is 31.2 Å². The van der Waals surface area contributed by atoms with Crippen molar-refractivity contribution in [3.63, 3.8) is 0 Å². The van der Waals surface area contributed by atoms with E-state index in [0.29, 0.717) is 20.9 Å². The van der Waals surface area contributed by atoms with Gasteiger partial charge in [0.2, 0.25) is 0 Å². The van der Waals surface area contributed by atoms with Crippen LogP contribution in [0.25, 0.3) is 21.5 Å². The highest BCUT2D eigenvalue weighted by Gasteiger charge is 2.10. The van der Waals surface area contributed by atoms with Crippen molar-refractivity contribution in [3.8, 4) is 0 Å². The number of carbonyl (C=O) groups excluding carboxylic acids is 1. The first-order valence-electron chi connectivity index (χ1n) is 7.27. The van der Waals surface area contributed by atoms with Crippen LogP contribution in [0, 0.1) is 0 Å². The number of benzene rings is 3. The normalized spacial score (nSPS) is 9.96. The Labute approximate surface area is 142 Å². The molecule has 118 valence electrons. The molecule has 2 N–H and O–H groups in total. The van der Waals surface area contributed by atoms with E-state index in [1.165, 1.54) is 5.39 Å². The maximum atomic E-state index is 12.2. The van der Waals surface area contributed by atoms with E-state index in [9.17, 15) is 4.79 Å². The van der Waals surface area contributed by atoms with E-state index in [4.69, 9.17) is 10.0 Å². The molecule has 0 heterocycles.